The molecular weight excluding hydrogens is 551 g/mol. The molecule has 0 bridgehead atoms. The summed E-state index contributed by atoms with van der Waals surface area (Å²) in [6.07, 6.45) is 1.68. The third-order valence-corrected chi connectivity index (χ3v) is 8.11. The van der Waals surface area contributed by atoms with Crippen molar-refractivity contribution in [3.05, 3.63) is 30.3 Å². The van der Waals surface area contributed by atoms with Gasteiger partial charge in [0.05, 0.1) is 11.5 Å². The number of aromatic nitrogens is 2. The molecule has 2 heterocycles. The van der Waals surface area contributed by atoms with Gasteiger partial charge in [0.15, 0.2) is 5.69 Å². The Balaban J connectivity index is 1.71. The predicted octanol–water partition coefficient (Wildman–Crippen LogP) is 2.97. The van der Waals surface area contributed by atoms with Crippen LogP contribution in [0.5, 0.6) is 0 Å². The van der Waals surface area contributed by atoms with Gasteiger partial charge in [-0.1, -0.05) is 24.4 Å². The number of nitrogens with zero attached hydrogens (tertiary/aromatic N) is 2. The Hall–Kier alpha value is -2.69. The number of nitrogens with one attached hydrogen (secondary N) is 3. The highest BCUT2D eigenvalue weighted by molar-refractivity contribution is 7.99. The van der Waals surface area contributed by atoms with Crippen LogP contribution in [-0.4, -0.2) is 68.6 Å². The molecule has 0 aromatic carbocycles. The zero-order valence-corrected chi connectivity index (χ0v) is 22.0. The molecule has 210 valence electrons. The van der Waals surface area contributed by atoms with Gasteiger partial charge in [-0.2, -0.15) is 13.2 Å². The summed E-state index contributed by atoms with van der Waals surface area (Å²) in [6, 6.07) is 1.24. The maximum atomic E-state index is 13.2. The van der Waals surface area contributed by atoms with E-state index in [1.165, 1.54) is 22.7 Å². The minimum Gasteiger partial charge on any atom is -0.384 e. The van der Waals surface area contributed by atoms with Crippen LogP contribution in [0, 0.1) is 5.92 Å². The number of hydrogen-bond acceptors (Lipinski definition) is 9. The van der Waals surface area contributed by atoms with E-state index in [9.17, 15) is 31.2 Å². The molecule has 0 radical (unpaired) electrons. The number of hydrogen-bond donors (Lipinski definition) is 3. The van der Waals surface area contributed by atoms with Gasteiger partial charge in [-0.3, -0.25) is 9.59 Å². The maximum Gasteiger partial charge on any atom is 0.402 e. The monoisotopic (exact) mass is 579 g/mol. The Morgan fingerprint density at radius 3 is 2.61 bits per heavy atom. The van der Waals surface area contributed by atoms with Crippen LogP contribution < -0.4 is 15.4 Å². The second-order valence-corrected chi connectivity index (χ2v) is 11.4. The maximum absolute atomic E-state index is 13.2. The van der Waals surface area contributed by atoms with E-state index in [-0.39, 0.29) is 17.4 Å². The van der Waals surface area contributed by atoms with E-state index >= 15 is 0 Å². The van der Waals surface area contributed by atoms with Gasteiger partial charge >= 0.3 is 6.18 Å². The van der Waals surface area contributed by atoms with Crippen LogP contribution in [0.1, 0.15) is 42.6 Å². The molecule has 3 rings (SSSR count). The molecule has 11 nitrogen and oxygen atoms in total. The van der Waals surface area contributed by atoms with Crippen molar-refractivity contribution >= 4 is 39.4 Å². The van der Waals surface area contributed by atoms with Crippen LogP contribution in [0.4, 0.5) is 19.0 Å². The summed E-state index contributed by atoms with van der Waals surface area (Å²) in [5.41, 5.74) is 0.0405. The van der Waals surface area contributed by atoms with E-state index in [2.05, 4.69) is 20.8 Å². The van der Waals surface area contributed by atoms with E-state index in [0.29, 0.717) is 30.1 Å². The number of pyridine rings is 1. The van der Waals surface area contributed by atoms with Gasteiger partial charge in [0, 0.05) is 19.1 Å². The average Bonchev–Trinajstić information content (AvgIpc) is 3.35. The Morgan fingerprint density at radius 2 is 1.97 bits per heavy atom. The van der Waals surface area contributed by atoms with Crippen LogP contribution in [0.3, 0.4) is 0 Å². The number of ether oxygens (including phenoxy) is 1. The number of sulfonamides is 1. The van der Waals surface area contributed by atoms with Crippen LogP contribution in [0.2, 0.25) is 0 Å². The van der Waals surface area contributed by atoms with E-state index in [0.717, 1.165) is 37.6 Å². The number of methoxy groups -OCH3 is 1. The second kappa shape index (κ2) is 13.4. The molecule has 2 aromatic rings. The zero-order valence-electron chi connectivity index (χ0n) is 20.4. The molecule has 38 heavy (non-hydrogen) atoms. The van der Waals surface area contributed by atoms with Gasteiger partial charge in [0.2, 0.25) is 15.9 Å². The first kappa shape index (κ1) is 29.9. The molecule has 1 saturated carbocycles. The fourth-order valence-electron chi connectivity index (χ4n) is 3.87. The molecule has 1 aliphatic rings. The summed E-state index contributed by atoms with van der Waals surface area (Å²) < 4.78 is 72.7. The Bertz CT molecular complexity index is 1180. The zero-order chi connectivity index (χ0) is 27.8. The van der Waals surface area contributed by atoms with E-state index in [4.69, 9.17) is 9.26 Å². The number of carbonyl (C=O) groups excluding carboxylic acids is 2. The van der Waals surface area contributed by atoms with E-state index in [1.807, 2.05) is 0 Å². The lowest BCUT2D eigenvalue weighted by atomic mass is 9.83. The molecule has 0 aliphatic heterocycles. The number of thioether (sulfide) groups is 1. The van der Waals surface area contributed by atoms with Gasteiger partial charge in [0.25, 0.3) is 5.91 Å². The number of alkyl halides is 3. The molecular formula is C22H28F3N5O6S2. The fourth-order valence-corrected chi connectivity index (χ4v) is 5.68. The van der Waals surface area contributed by atoms with Crippen molar-refractivity contribution in [1.82, 2.24) is 20.2 Å². The van der Waals surface area contributed by atoms with Crippen molar-refractivity contribution < 1.29 is 40.4 Å². The topological polar surface area (TPSA) is 153 Å². The van der Waals surface area contributed by atoms with Crippen LogP contribution in [-0.2, 0) is 19.6 Å². The minimum absolute atomic E-state index is 0.0305. The van der Waals surface area contributed by atoms with Gasteiger partial charge in [-0.15, -0.1) is 11.8 Å². The number of halogens is 3. The van der Waals surface area contributed by atoms with Gasteiger partial charge in [0.1, 0.15) is 29.6 Å². The highest BCUT2D eigenvalue weighted by Gasteiger charge is 2.33. The Labute approximate surface area is 221 Å². The lowest BCUT2D eigenvalue weighted by Crippen LogP contribution is -2.49. The fraction of sp³-hybridized carbons (Fsp3) is 0.545. The molecule has 0 spiro atoms. The summed E-state index contributed by atoms with van der Waals surface area (Å²) in [6.45, 7) is -1.27. The molecule has 2 aromatic heterocycles. The van der Waals surface area contributed by atoms with Gasteiger partial charge < -0.3 is 19.9 Å². The summed E-state index contributed by atoms with van der Waals surface area (Å²) in [5.74, 6) is -0.782. The molecule has 16 heteroatoms. The highest BCUT2D eigenvalue weighted by Crippen LogP contribution is 2.28. The first-order valence-corrected chi connectivity index (χ1v) is 14.2. The van der Waals surface area contributed by atoms with Crippen molar-refractivity contribution in [2.24, 2.45) is 5.92 Å². The molecule has 2 amide bonds. The normalized spacial score (nSPS) is 15.7. The quantitative estimate of drug-likeness (QED) is 0.254. The van der Waals surface area contributed by atoms with Crippen LogP contribution in [0.15, 0.2) is 38.9 Å². The second-order valence-electron chi connectivity index (χ2n) is 8.53. The average molecular weight is 580 g/mol. The van der Waals surface area contributed by atoms with Crippen molar-refractivity contribution in [3.8, 4) is 0 Å². The lowest BCUT2D eigenvalue weighted by Gasteiger charge is -2.29. The van der Waals surface area contributed by atoms with E-state index in [1.54, 1.807) is 7.11 Å². The molecule has 0 unspecified atom stereocenters. The Morgan fingerprint density at radius 1 is 1.24 bits per heavy atom. The number of anilines is 1. The summed E-state index contributed by atoms with van der Waals surface area (Å²) in [4.78, 5) is 30.1. The number of rotatable bonds is 12. The van der Waals surface area contributed by atoms with Crippen molar-refractivity contribution in [1.29, 1.82) is 0 Å². The first-order chi connectivity index (χ1) is 18.0. The lowest BCUT2D eigenvalue weighted by molar-refractivity contribution is -0.121. The Kier molecular flexibility index (Phi) is 10.5. The molecule has 1 fully saturated rings. The molecule has 0 saturated heterocycles. The smallest absolute Gasteiger partial charge is 0.384 e. The molecule has 1 aliphatic carbocycles. The van der Waals surface area contributed by atoms with Crippen LogP contribution >= 0.6 is 11.8 Å². The van der Waals surface area contributed by atoms with Crippen molar-refractivity contribution in [2.75, 3.05) is 31.3 Å². The predicted molar refractivity (Wildman–Crippen MR) is 131 cm³/mol. The van der Waals surface area contributed by atoms with E-state index < -0.39 is 45.5 Å². The van der Waals surface area contributed by atoms with Gasteiger partial charge in [-0.05, 0) is 30.9 Å². The summed E-state index contributed by atoms with van der Waals surface area (Å²) >= 11 is 1.32. The third-order valence-electron chi connectivity index (χ3n) is 5.75. The minimum atomic E-state index is -4.72. The summed E-state index contributed by atoms with van der Waals surface area (Å²) in [5, 5.41) is 9.08. The third kappa shape index (κ3) is 8.68. The van der Waals surface area contributed by atoms with Crippen molar-refractivity contribution in [3.63, 3.8) is 0 Å². The number of amides is 2. The summed E-state index contributed by atoms with van der Waals surface area (Å²) in [7, 11) is -2.90. The first-order valence-electron chi connectivity index (χ1n) is 11.7. The van der Waals surface area contributed by atoms with Crippen LogP contribution in [0.25, 0.3) is 0 Å². The van der Waals surface area contributed by atoms with Gasteiger partial charge in [-0.25, -0.2) is 18.1 Å². The van der Waals surface area contributed by atoms with Crippen molar-refractivity contribution in [2.45, 2.75) is 54.1 Å². The highest BCUT2D eigenvalue weighted by atomic mass is 32.2. The number of carbonyl (C=O) groups is 2. The molecule has 1 atom stereocenters. The SMILES string of the molecule is COCCSc1conc1C(=O)N[C@H](C(=O)Nc1ccc(S(=O)(=O)NCC(F)(F)F)cn1)C1CCCCC1. The molecule has 3 N–H and O–H groups in total. The largest absolute Gasteiger partial charge is 0.402 e. The standard InChI is InChI=1S/C22H28F3N5O6S2/c1-35-9-10-37-16-12-36-30-19(16)21(32)29-18(14-5-3-2-4-6-14)20(31)28-17-8-7-15(11-26-17)38(33,34)27-13-22(23,24)25/h7-8,11-12,14,18,27H,2-6,9-10,13H2,1H3,(H,29,32)(H,26,28,31)/t18-/m0/s1.